The third-order valence-electron chi connectivity index (χ3n) is 9.38. The van der Waals surface area contributed by atoms with E-state index < -0.39 is 0 Å². The molecular weight excluding hydrogens is 414 g/mol. The van der Waals surface area contributed by atoms with Crippen molar-refractivity contribution in [3.05, 3.63) is 71.5 Å². The first-order valence-corrected chi connectivity index (χ1v) is 13.5. The van der Waals surface area contributed by atoms with Crippen LogP contribution in [-0.2, 0) is 4.74 Å². The van der Waals surface area contributed by atoms with Crippen molar-refractivity contribution in [3.63, 3.8) is 0 Å². The van der Waals surface area contributed by atoms with E-state index in [-0.39, 0.29) is 6.10 Å². The quantitative estimate of drug-likeness (QED) is 0.326. The Kier molecular flexibility index (Phi) is 5.16. The van der Waals surface area contributed by atoms with Gasteiger partial charge in [0.05, 0.1) is 24.0 Å². The predicted molar refractivity (Wildman–Crippen MR) is 141 cm³/mol. The molecule has 2 nitrogen and oxygen atoms in total. The lowest BCUT2D eigenvalue weighted by Gasteiger charge is -2.32. The highest BCUT2D eigenvalue weighted by molar-refractivity contribution is 5.59. The fourth-order valence-corrected chi connectivity index (χ4v) is 8.38. The maximum absolute atomic E-state index is 6.99. The van der Waals surface area contributed by atoms with Gasteiger partial charge in [-0.15, -0.1) is 0 Å². The zero-order valence-corrected chi connectivity index (χ0v) is 21.9. The second-order valence-electron chi connectivity index (χ2n) is 13.2. The molecule has 0 N–H and O–H groups in total. The number of nitrogens with zero attached hydrogens (tertiary/aromatic N) is 1. The van der Waals surface area contributed by atoms with Crippen LogP contribution < -0.4 is 0 Å². The number of hydrogen-bond acceptors (Lipinski definition) is 1. The van der Waals surface area contributed by atoms with Crippen LogP contribution in [0.4, 0.5) is 0 Å². The lowest BCUT2D eigenvalue weighted by atomic mass is 9.69. The number of fused-ring (bicyclic) bond motifs is 7. The summed E-state index contributed by atoms with van der Waals surface area (Å²) in [7, 11) is 0. The fourth-order valence-electron chi connectivity index (χ4n) is 8.38. The molecule has 2 fully saturated rings. The van der Waals surface area contributed by atoms with E-state index in [9.17, 15) is 0 Å². The zero-order chi connectivity index (χ0) is 23.9. The predicted octanol–water partition coefficient (Wildman–Crippen LogP) is 6.88. The van der Waals surface area contributed by atoms with Crippen LogP contribution in [0.2, 0.25) is 0 Å². The molecule has 6 aliphatic rings. The van der Waals surface area contributed by atoms with Crippen LogP contribution in [-0.4, -0.2) is 29.0 Å². The molecule has 0 amide bonds. The first kappa shape index (κ1) is 22.5. The van der Waals surface area contributed by atoms with Crippen LogP contribution in [0.25, 0.3) is 0 Å². The second-order valence-corrected chi connectivity index (χ2v) is 13.2. The minimum atomic E-state index is 0.198. The molecule has 3 aliphatic carbocycles. The molecule has 2 saturated heterocycles. The summed E-state index contributed by atoms with van der Waals surface area (Å²) in [6.07, 6.45) is 22.6. The van der Waals surface area contributed by atoms with Gasteiger partial charge >= 0.3 is 0 Å². The van der Waals surface area contributed by atoms with Crippen molar-refractivity contribution in [1.29, 1.82) is 0 Å². The van der Waals surface area contributed by atoms with Gasteiger partial charge in [0.15, 0.2) is 11.7 Å². The summed E-state index contributed by atoms with van der Waals surface area (Å²) < 4.78 is 9.54. The third-order valence-corrected chi connectivity index (χ3v) is 9.38. The largest absolute Gasteiger partial charge is 0.369 e. The van der Waals surface area contributed by atoms with E-state index in [0.29, 0.717) is 59.0 Å². The van der Waals surface area contributed by atoms with Gasteiger partial charge in [-0.3, -0.25) is 0 Å². The molecule has 0 aromatic heterocycles. The van der Waals surface area contributed by atoms with Gasteiger partial charge in [0.25, 0.3) is 0 Å². The molecular formula is C32H42NO+. The van der Waals surface area contributed by atoms with E-state index in [1.165, 1.54) is 35.3 Å². The van der Waals surface area contributed by atoms with E-state index in [4.69, 9.17) is 4.74 Å². The molecule has 0 bridgehead atoms. The van der Waals surface area contributed by atoms with E-state index in [1.54, 1.807) is 0 Å². The summed E-state index contributed by atoms with van der Waals surface area (Å²) in [6.45, 7) is 18.5. The molecule has 10 atom stereocenters. The van der Waals surface area contributed by atoms with Crippen LogP contribution in [0, 0.1) is 46.8 Å². The summed E-state index contributed by atoms with van der Waals surface area (Å²) in [5.41, 5.74) is 5.97. The maximum atomic E-state index is 6.99. The summed E-state index contributed by atoms with van der Waals surface area (Å²) in [5, 5.41) is 0. The minimum Gasteiger partial charge on any atom is -0.369 e. The summed E-state index contributed by atoms with van der Waals surface area (Å²) in [5.74, 6) is 3.57. The van der Waals surface area contributed by atoms with Crippen LogP contribution in [0.1, 0.15) is 54.4 Å². The smallest absolute Gasteiger partial charge is 0.181 e. The van der Waals surface area contributed by atoms with E-state index in [2.05, 4.69) is 101 Å². The Morgan fingerprint density at radius 1 is 1.09 bits per heavy atom. The van der Waals surface area contributed by atoms with Crippen LogP contribution in [0.15, 0.2) is 71.5 Å². The fraction of sp³-hybridized carbons (Fsp3) is 0.594. The van der Waals surface area contributed by atoms with Gasteiger partial charge in [0.1, 0.15) is 6.21 Å². The second kappa shape index (κ2) is 7.79. The van der Waals surface area contributed by atoms with Crippen molar-refractivity contribution in [2.45, 2.75) is 72.6 Å². The monoisotopic (exact) mass is 456 g/mol. The van der Waals surface area contributed by atoms with Gasteiger partial charge < -0.3 is 4.74 Å². The molecule has 6 rings (SSSR count). The third kappa shape index (κ3) is 3.51. The Morgan fingerprint density at radius 2 is 1.88 bits per heavy atom. The Bertz CT molecular complexity index is 1090. The topological polar surface area (TPSA) is 12.2 Å². The average Bonchev–Trinajstić information content (AvgIpc) is 3.37. The lowest BCUT2D eigenvalue weighted by molar-refractivity contribution is -0.494. The molecule has 180 valence electrons. The molecule has 3 heterocycles. The zero-order valence-electron chi connectivity index (χ0n) is 21.9. The highest BCUT2D eigenvalue weighted by Gasteiger charge is 2.61. The average molecular weight is 457 g/mol. The van der Waals surface area contributed by atoms with Crippen LogP contribution >= 0.6 is 0 Å². The number of allylic oxidation sites excluding steroid dienone is 7. The van der Waals surface area contributed by atoms with E-state index in [0.717, 1.165) is 0 Å². The standard InChI is InChI=1S/C32H42NO/c1-18-12-19(2)29(20(3)13-18)23-8-9-25-26-11-10-24-21(4)33-17-22(16-32(5,6)7)14-27(33)30(24)31(26)34-28(25)15-23/h8-13,15,17,19,22,24-31H,4,14,16H2,1-3,5-7H3/q+1. The van der Waals surface area contributed by atoms with Crippen molar-refractivity contribution in [3.8, 4) is 0 Å². The highest BCUT2D eigenvalue weighted by atomic mass is 16.5. The molecule has 0 aromatic carbocycles. The Hall–Kier alpha value is -1.93. The van der Waals surface area contributed by atoms with Gasteiger partial charge in [-0.05, 0) is 43.8 Å². The van der Waals surface area contributed by atoms with Gasteiger partial charge in [-0.25, -0.2) is 4.58 Å². The molecule has 0 saturated carbocycles. The summed E-state index contributed by atoms with van der Waals surface area (Å²) in [4.78, 5) is 0. The molecule has 34 heavy (non-hydrogen) atoms. The Morgan fingerprint density at radius 3 is 2.62 bits per heavy atom. The van der Waals surface area contributed by atoms with E-state index in [1.807, 2.05) is 0 Å². The van der Waals surface area contributed by atoms with Gasteiger partial charge in [0.2, 0.25) is 0 Å². The molecule has 0 spiro atoms. The lowest BCUT2D eigenvalue weighted by Crippen LogP contribution is -2.39. The normalized spacial score (nSPS) is 44.6. The Labute approximate surface area is 206 Å². The summed E-state index contributed by atoms with van der Waals surface area (Å²) >= 11 is 0. The molecule has 2 heteroatoms. The number of ether oxygens (including phenoxy) is 1. The van der Waals surface area contributed by atoms with Crippen molar-refractivity contribution in [1.82, 2.24) is 0 Å². The molecule has 0 aromatic rings. The van der Waals surface area contributed by atoms with Crippen molar-refractivity contribution >= 4 is 6.21 Å². The van der Waals surface area contributed by atoms with Gasteiger partial charge in [-0.1, -0.05) is 81.4 Å². The number of hydrogen-bond donors (Lipinski definition) is 0. The van der Waals surface area contributed by atoms with Crippen molar-refractivity contribution < 1.29 is 9.31 Å². The molecule has 3 aliphatic heterocycles. The van der Waals surface area contributed by atoms with Crippen molar-refractivity contribution in [2.75, 3.05) is 0 Å². The van der Waals surface area contributed by atoms with Gasteiger partial charge in [0, 0.05) is 30.1 Å². The highest BCUT2D eigenvalue weighted by Crippen LogP contribution is 2.54. The van der Waals surface area contributed by atoms with Crippen molar-refractivity contribution in [2.24, 2.45) is 46.8 Å². The Balaban J connectivity index is 1.25. The molecule has 0 radical (unpaired) electrons. The van der Waals surface area contributed by atoms with E-state index >= 15 is 0 Å². The van der Waals surface area contributed by atoms with Crippen LogP contribution in [0.3, 0.4) is 0 Å². The minimum absolute atomic E-state index is 0.198. The summed E-state index contributed by atoms with van der Waals surface area (Å²) in [6, 6.07) is 0.548. The first-order valence-electron chi connectivity index (χ1n) is 13.5. The first-order chi connectivity index (χ1) is 16.1. The van der Waals surface area contributed by atoms with Crippen LogP contribution in [0.5, 0.6) is 0 Å². The molecule has 10 unspecified atom stereocenters. The number of rotatable bonds is 2. The van der Waals surface area contributed by atoms with Gasteiger partial charge in [-0.2, -0.15) is 0 Å². The SMILES string of the molecule is C=C1C2C=CC3C4C=CC(C5C(C)=CC(C)=CC5C)=CC4OC3C2C2CC(CC(C)(C)C)C=[N+]12. The maximum Gasteiger partial charge on any atom is 0.181 e.